The lowest BCUT2D eigenvalue weighted by Gasteiger charge is -2.38. The van der Waals surface area contributed by atoms with Crippen LogP contribution >= 0.6 is 11.3 Å². The number of piperazine rings is 1. The van der Waals surface area contributed by atoms with Gasteiger partial charge in [-0.25, -0.2) is 4.98 Å². The summed E-state index contributed by atoms with van der Waals surface area (Å²) in [5.74, 6) is 0.0333. The van der Waals surface area contributed by atoms with E-state index in [4.69, 9.17) is 0 Å². The van der Waals surface area contributed by atoms with Gasteiger partial charge in [-0.05, 0) is 24.6 Å². The second-order valence-corrected chi connectivity index (χ2v) is 7.02. The molecule has 1 unspecified atom stereocenters. The highest BCUT2D eigenvalue weighted by atomic mass is 32.1. The molecule has 24 heavy (non-hydrogen) atoms. The first kappa shape index (κ1) is 17.1. The van der Waals surface area contributed by atoms with E-state index in [1.165, 1.54) is 0 Å². The zero-order valence-corrected chi connectivity index (χ0v) is 14.7. The molecule has 1 aromatic heterocycles. The van der Waals surface area contributed by atoms with Gasteiger partial charge in [-0.2, -0.15) is 0 Å². The van der Waals surface area contributed by atoms with Crippen LogP contribution in [0.4, 0.5) is 0 Å². The van der Waals surface area contributed by atoms with E-state index in [2.05, 4.69) is 16.8 Å². The number of amides is 1. The van der Waals surface area contributed by atoms with Crippen LogP contribution in [0.3, 0.4) is 0 Å². The molecule has 1 N–H and O–H groups in total. The number of fused-ring (bicyclic) bond motifs is 1. The molecule has 6 heteroatoms. The minimum atomic E-state index is 0.0333. The van der Waals surface area contributed by atoms with Crippen LogP contribution in [0.1, 0.15) is 18.4 Å². The third-order valence-corrected chi connectivity index (χ3v) is 5.50. The number of para-hydroxylation sites is 1. The van der Waals surface area contributed by atoms with Crippen molar-refractivity contribution in [3.8, 4) is 0 Å². The van der Waals surface area contributed by atoms with E-state index >= 15 is 0 Å². The number of aliphatic hydroxyl groups excluding tert-OH is 1. The van der Waals surface area contributed by atoms with Crippen molar-refractivity contribution in [1.82, 2.24) is 14.8 Å². The zero-order valence-electron chi connectivity index (χ0n) is 13.9. The van der Waals surface area contributed by atoms with Crippen molar-refractivity contribution >= 4 is 33.5 Å². The Morgan fingerprint density at radius 1 is 1.33 bits per heavy atom. The van der Waals surface area contributed by atoms with Crippen LogP contribution in [0.2, 0.25) is 0 Å². The van der Waals surface area contributed by atoms with Gasteiger partial charge >= 0.3 is 0 Å². The maximum atomic E-state index is 12.4. The molecule has 128 valence electrons. The van der Waals surface area contributed by atoms with Gasteiger partial charge in [-0.15, -0.1) is 11.3 Å². The summed E-state index contributed by atoms with van der Waals surface area (Å²) >= 11 is 1.59. The molecule has 0 saturated carbocycles. The molecule has 5 nitrogen and oxygen atoms in total. The molecule has 1 fully saturated rings. The van der Waals surface area contributed by atoms with Crippen LogP contribution < -0.4 is 0 Å². The van der Waals surface area contributed by atoms with Crippen molar-refractivity contribution in [3.05, 3.63) is 35.3 Å². The third kappa shape index (κ3) is 3.83. The second-order valence-electron chi connectivity index (χ2n) is 5.96. The normalized spacial score (nSPS) is 17.7. The summed E-state index contributed by atoms with van der Waals surface area (Å²) in [7, 11) is 0. The number of nitrogens with zero attached hydrogens (tertiary/aromatic N) is 3. The molecule has 0 radical (unpaired) electrons. The Labute approximate surface area is 146 Å². The van der Waals surface area contributed by atoms with E-state index in [1.807, 2.05) is 35.2 Å². The maximum Gasteiger partial charge on any atom is 0.246 e. The van der Waals surface area contributed by atoms with Crippen LogP contribution in [0.15, 0.2) is 30.3 Å². The molecule has 2 aromatic rings. The summed E-state index contributed by atoms with van der Waals surface area (Å²) in [5.41, 5.74) is 0.970. The second kappa shape index (κ2) is 7.88. The number of aromatic nitrogens is 1. The number of carbonyl (C=O) groups is 1. The number of hydrogen-bond acceptors (Lipinski definition) is 5. The Morgan fingerprint density at radius 3 is 2.75 bits per heavy atom. The SMILES string of the molecule is CCC(CO)N1CCN(C(=O)/C=C/c2nc3ccccc3s2)CC1. The van der Waals surface area contributed by atoms with E-state index in [0.29, 0.717) is 13.1 Å². The summed E-state index contributed by atoms with van der Waals surface area (Å²) in [4.78, 5) is 21.0. The van der Waals surface area contributed by atoms with Crippen molar-refractivity contribution in [2.24, 2.45) is 0 Å². The molecule has 1 aliphatic rings. The van der Waals surface area contributed by atoms with Crippen LogP contribution in [0.5, 0.6) is 0 Å². The molecule has 1 amide bonds. The van der Waals surface area contributed by atoms with E-state index < -0.39 is 0 Å². The molecule has 2 heterocycles. The van der Waals surface area contributed by atoms with Crippen molar-refractivity contribution < 1.29 is 9.90 Å². The van der Waals surface area contributed by atoms with Gasteiger partial charge in [-0.3, -0.25) is 9.69 Å². The Balaban J connectivity index is 1.57. The summed E-state index contributed by atoms with van der Waals surface area (Å²) in [6.45, 7) is 5.32. The Bertz CT molecular complexity index is 683. The molecule has 0 bridgehead atoms. The summed E-state index contributed by atoms with van der Waals surface area (Å²) < 4.78 is 1.13. The Morgan fingerprint density at radius 2 is 2.08 bits per heavy atom. The number of benzene rings is 1. The van der Waals surface area contributed by atoms with E-state index in [0.717, 1.165) is 34.7 Å². The van der Waals surface area contributed by atoms with Crippen molar-refractivity contribution in [2.45, 2.75) is 19.4 Å². The van der Waals surface area contributed by atoms with Gasteiger partial charge in [0.15, 0.2) is 0 Å². The third-order valence-electron chi connectivity index (χ3n) is 4.50. The number of thiazole rings is 1. The fourth-order valence-corrected chi connectivity index (χ4v) is 3.89. The van der Waals surface area contributed by atoms with E-state index in [1.54, 1.807) is 17.4 Å². The summed E-state index contributed by atoms with van der Waals surface area (Å²) in [6, 6.07) is 8.19. The molecule has 0 aliphatic carbocycles. The van der Waals surface area contributed by atoms with E-state index in [-0.39, 0.29) is 18.6 Å². The van der Waals surface area contributed by atoms with E-state index in [9.17, 15) is 9.90 Å². The van der Waals surface area contributed by atoms with Gasteiger partial charge in [0.05, 0.1) is 16.8 Å². The highest BCUT2D eigenvalue weighted by Crippen LogP contribution is 2.22. The van der Waals surface area contributed by atoms with Crippen LogP contribution in [-0.2, 0) is 4.79 Å². The van der Waals surface area contributed by atoms with Gasteiger partial charge in [-0.1, -0.05) is 19.1 Å². The van der Waals surface area contributed by atoms with Crippen molar-refractivity contribution in [1.29, 1.82) is 0 Å². The fourth-order valence-electron chi connectivity index (χ4n) is 3.02. The monoisotopic (exact) mass is 345 g/mol. The molecule has 1 aliphatic heterocycles. The highest BCUT2D eigenvalue weighted by molar-refractivity contribution is 7.19. The van der Waals surface area contributed by atoms with Crippen LogP contribution in [0.25, 0.3) is 16.3 Å². The highest BCUT2D eigenvalue weighted by Gasteiger charge is 2.23. The molecule has 1 aromatic carbocycles. The van der Waals surface area contributed by atoms with Gasteiger partial charge in [0.25, 0.3) is 0 Å². The lowest BCUT2D eigenvalue weighted by atomic mass is 10.1. The Hall–Kier alpha value is -1.76. The molecule has 1 saturated heterocycles. The van der Waals surface area contributed by atoms with Crippen LogP contribution in [0, 0.1) is 0 Å². The fraction of sp³-hybridized carbons (Fsp3) is 0.444. The minimum Gasteiger partial charge on any atom is -0.395 e. The van der Waals surface area contributed by atoms with Crippen molar-refractivity contribution in [2.75, 3.05) is 32.8 Å². The quantitative estimate of drug-likeness (QED) is 0.845. The zero-order chi connectivity index (χ0) is 16.9. The largest absolute Gasteiger partial charge is 0.395 e. The maximum absolute atomic E-state index is 12.4. The molecular formula is C18H23N3O2S. The lowest BCUT2D eigenvalue weighted by Crippen LogP contribution is -2.52. The topological polar surface area (TPSA) is 56.7 Å². The first-order valence-electron chi connectivity index (χ1n) is 8.38. The Kier molecular flexibility index (Phi) is 5.60. The number of rotatable bonds is 5. The lowest BCUT2D eigenvalue weighted by molar-refractivity contribution is -0.128. The van der Waals surface area contributed by atoms with Crippen molar-refractivity contribution in [3.63, 3.8) is 0 Å². The average Bonchev–Trinajstić information content (AvgIpc) is 3.04. The van der Waals surface area contributed by atoms with Gasteiger partial charge in [0.2, 0.25) is 5.91 Å². The molecular weight excluding hydrogens is 322 g/mol. The standard InChI is InChI=1S/C18H23N3O2S/c1-2-14(13-22)20-9-11-21(12-10-20)18(23)8-7-17-19-15-5-3-4-6-16(15)24-17/h3-8,14,22H,2,9-13H2,1H3/b8-7+. The first-order chi connectivity index (χ1) is 11.7. The van der Waals surface area contributed by atoms with Gasteiger partial charge in [0.1, 0.15) is 5.01 Å². The molecule has 3 rings (SSSR count). The van der Waals surface area contributed by atoms with Gasteiger partial charge < -0.3 is 10.0 Å². The average molecular weight is 345 g/mol. The summed E-state index contributed by atoms with van der Waals surface area (Å²) in [6.07, 6.45) is 4.36. The smallest absolute Gasteiger partial charge is 0.246 e. The molecule has 0 spiro atoms. The predicted molar refractivity (Wildman–Crippen MR) is 98.0 cm³/mol. The summed E-state index contributed by atoms with van der Waals surface area (Å²) in [5, 5.41) is 10.2. The predicted octanol–water partition coefficient (Wildman–Crippen LogP) is 2.22. The first-order valence-corrected chi connectivity index (χ1v) is 9.20. The number of hydrogen-bond donors (Lipinski definition) is 1. The number of carbonyl (C=O) groups excluding carboxylic acids is 1. The number of aliphatic hydroxyl groups is 1. The molecule has 1 atom stereocenters. The van der Waals surface area contributed by atoms with Gasteiger partial charge in [0, 0.05) is 38.3 Å². The van der Waals surface area contributed by atoms with Crippen LogP contribution in [-0.4, -0.2) is 64.6 Å². The minimum absolute atomic E-state index is 0.0333.